The van der Waals surface area contributed by atoms with Gasteiger partial charge in [-0.1, -0.05) is 19.1 Å². The van der Waals surface area contributed by atoms with Crippen molar-refractivity contribution in [1.82, 2.24) is 25.4 Å². The number of aryl methyl sites for hydroxylation is 2. The number of halogens is 1. The molecule has 0 aliphatic carbocycles. The van der Waals surface area contributed by atoms with Crippen LogP contribution in [0.3, 0.4) is 0 Å². The largest absolute Gasteiger partial charge is 0.490 e. The van der Waals surface area contributed by atoms with Crippen LogP contribution in [0.4, 0.5) is 0 Å². The molecule has 7 nitrogen and oxygen atoms in total. The number of nitrogens with zero attached hydrogens (tertiary/aromatic N) is 4. The summed E-state index contributed by atoms with van der Waals surface area (Å²) >= 11 is 0. The van der Waals surface area contributed by atoms with Gasteiger partial charge in [0.25, 0.3) is 0 Å². The van der Waals surface area contributed by atoms with Crippen LogP contribution >= 0.6 is 24.0 Å². The zero-order valence-corrected chi connectivity index (χ0v) is 19.2. The van der Waals surface area contributed by atoms with Gasteiger partial charge in [-0.15, -0.1) is 34.2 Å². The van der Waals surface area contributed by atoms with Crippen LogP contribution in [0.25, 0.3) is 0 Å². The molecule has 0 aliphatic heterocycles. The lowest BCUT2D eigenvalue weighted by Crippen LogP contribution is -2.37. The highest BCUT2D eigenvalue weighted by Gasteiger charge is 2.09. The van der Waals surface area contributed by atoms with Crippen LogP contribution in [-0.2, 0) is 20.1 Å². The molecule has 1 unspecified atom stereocenters. The number of nitrogens with one attached hydrogen (secondary N) is 2. The summed E-state index contributed by atoms with van der Waals surface area (Å²) in [6.45, 7) is 10.2. The monoisotopic (exact) mass is 486 g/mol. The minimum absolute atomic E-state index is 0. The van der Waals surface area contributed by atoms with Gasteiger partial charge in [-0.05, 0) is 38.8 Å². The van der Waals surface area contributed by atoms with Gasteiger partial charge in [-0.25, -0.2) is 4.99 Å². The van der Waals surface area contributed by atoms with Crippen LogP contribution in [-0.4, -0.2) is 33.4 Å². The summed E-state index contributed by atoms with van der Waals surface area (Å²) in [6, 6.07) is 6.26. The molecular weight excluding hydrogens is 455 g/mol. The van der Waals surface area contributed by atoms with Crippen molar-refractivity contribution in [3.8, 4) is 5.75 Å². The Balaban J connectivity index is 0.00000364. The van der Waals surface area contributed by atoms with E-state index in [4.69, 9.17) is 9.73 Å². The lowest BCUT2D eigenvalue weighted by molar-refractivity contribution is 0.215. The molecule has 0 aliphatic rings. The van der Waals surface area contributed by atoms with Crippen molar-refractivity contribution >= 4 is 29.9 Å². The summed E-state index contributed by atoms with van der Waals surface area (Å²) in [6.07, 6.45) is 2.84. The lowest BCUT2D eigenvalue weighted by atomic mass is 10.1. The maximum atomic E-state index is 6.07. The summed E-state index contributed by atoms with van der Waals surface area (Å²) in [5.74, 6) is 2.50. The summed E-state index contributed by atoms with van der Waals surface area (Å²) in [7, 11) is 1.92. The average molecular weight is 486 g/mol. The third-order valence-electron chi connectivity index (χ3n) is 4.10. The molecule has 8 heteroatoms. The summed E-state index contributed by atoms with van der Waals surface area (Å²) in [5, 5.41) is 14.5. The molecule has 0 radical (unpaired) electrons. The molecule has 1 aromatic heterocycles. The van der Waals surface area contributed by atoms with Crippen molar-refractivity contribution in [3.63, 3.8) is 0 Å². The molecule has 0 amide bonds. The van der Waals surface area contributed by atoms with Crippen LogP contribution in [0, 0.1) is 6.92 Å². The van der Waals surface area contributed by atoms with Crippen LogP contribution < -0.4 is 15.4 Å². The van der Waals surface area contributed by atoms with E-state index < -0.39 is 0 Å². The number of guanidine groups is 1. The van der Waals surface area contributed by atoms with Gasteiger partial charge in [0.15, 0.2) is 11.8 Å². The first-order valence-electron chi connectivity index (χ1n) is 9.14. The van der Waals surface area contributed by atoms with Crippen LogP contribution in [0.15, 0.2) is 29.5 Å². The third kappa shape index (κ3) is 7.36. The second kappa shape index (κ2) is 11.8. The van der Waals surface area contributed by atoms with E-state index in [9.17, 15) is 0 Å². The fourth-order valence-electron chi connectivity index (χ4n) is 2.34. The Morgan fingerprint density at radius 2 is 2.07 bits per heavy atom. The quantitative estimate of drug-likeness (QED) is 0.341. The Bertz CT molecular complexity index is 731. The lowest BCUT2D eigenvalue weighted by Gasteiger charge is -2.17. The molecule has 0 fully saturated rings. The molecule has 150 valence electrons. The zero-order valence-electron chi connectivity index (χ0n) is 16.8. The first kappa shape index (κ1) is 23.2. The van der Waals surface area contributed by atoms with Gasteiger partial charge in [0.05, 0.1) is 19.2 Å². The smallest absolute Gasteiger partial charge is 0.191 e. The highest BCUT2D eigenvalue weighted by molar-refractivity contribution is 14.0. The van der Waals surface area contributed by atoms with Crippen molar-refractivity contribution in [2.45, 2.75) is 53.3 Å². The van der Waals surface area contributed by atoms with Crippen molar-refractivity contribution in [1.29, 1.82) is 0 Å². The first-order chi connectivity index (χ1) is 12.5. The molecule has 0 bridgehead atoms. The van der Waals surface area contributed by atoms with Gasteiger partial charge in [0, 0.05) is 19.2 Å². The Kier molecular flexibility index (Phi) is 10.1. The maximum absolute atomic E-state index is 6.07. The molecular formula is C19H31IN6O. The zero-order chi connectivity index (χ0) is 18.9. The van der Waals surface area contributed by atoms with E-state index >= 15 is 0 Å². The Morgan fingerprint density at radius 3 is 2.70 bits per heavy atom. The minimum atomic E-state index is 0. The standard InChI is InChI=1S/C19H30N6O.HI/c1-6-15(4)26-17-10-14(3)8-9-16(17)11-21-19(20-7-2)22-12-18-24-23-13-25(18)5;/h8-10,13,15H,6-7,11-12H2,1-5H3,(H2,20,21,22);1H. The van der Waals surface area contributed by atoms with E-state index in [0.29, 0.717) is 13.1 Å². The minimum Gasteiger partial charge on any atom is -0.490 e. The first-order valence-corrected chi connectivity index (χ1v) is 9.14. The van der Waals surface area contributed by atoms with Crippen molar-refractivity contribution < 1.29 is 4.74 Å². The second-order valence-corrected chi connectivity index (χ2v) is 6.35. The van der Waals surface area contributed by atoms with Gasteiger partial charge < -0.3 is 19.9 Å². The van der Waals surface area contributed by atoms with Crippen LogP contribution in [0.1, 0.15) is 44.1 Å². The number of hydrogen-bond acceptors (Lipinski definition) is 4. The van der Waals surface area contributed by atoms with Crippen molar-refractivity contribution in [3.05, 3.63) is 41.5 Å². The van der Waals surface area contributed by atoms with Crippen LogP contribution in [0.5, 0.6) is 5.75 Å². The molecule has 0 saturated heterocycles. The maximum Gasteiger partial charge on any atom is 0.191 e. The molecule has 2 aromatic rings. The molecule has 1 aromatic carbocycles. The molecule has 0 spiro atoms. The highest BCUT2D eigenvalue weighted by atomic mass is 127. The predicted molar refractivity (Wildman–Crippen MR) is 120 cm³/mol. The van der Waals surface area contributed by atoms with Crippen LogP contribution in [0.2, 0.25) is 0 Å². The van der Waals surface area contributed by atoms with Crippen molar-refractivity contribution in [2.75, 3.05) is 6.54 Å². The Labute approximate surface area is 179 Å². The normalized spacial score (nSPS) is 12.3. The van der Waals surface area contributed by atoms with E-state index in [1.807, 2.05) is 18.5 Å². The van der Waals surface area contributed by atoms with Gasteiger partial charge in [-0.2, -0.15) is 0 Å². The SMILES string of the molecule is CCNC(=NCc1ccc(C)cc1OC(C)CC)NCc1nncn1C.I. The van der Waals surface area contributed by atoms with E-state index in [2.05, 4.69) is 59.8 Å². The molecule has 0 saturated carbocycles. The molecule has 2 N–H and O–H groups in total. The van der Waals surface area contributed by atoms with E-state index in [1.165, 1.54) is 5.56 Å². The van der Waals surface area contributed by atoms with E-state index in [1.54, 1.807) is 6.33 Å². The molecule has 27 heavy (non-hydrogen) atoms. The molecule has 2 rings (SSSR count). The van der Waals surface area contributed by atoms with E-state index in [0.717, 1.165) is 36.1 Å². The van der Waals surface area contributed by atoms with Gasteiger partial charge in [0.1, 0.15) is 12.1 Å². The summed E-state index contributed by atoms with van der Waals surface area (Å²) < 4.78 is 7.95. The number of benzene rings is 1. The van der Waals surface area contributed by atoms with Gasteiger partial charge in [0.2, 0.25) is 0 Å². The second-order valence-electron chi connectivity index (χ2n) is 6.35. The topological polar surface area (TPSA) is 76.4 Å². The molecule has 1 atom stereocenters. The number of rotatable bonds is 8. The average Bonchev–Trinajstić information content (AvgIpc) is 3.03. The number of hydrogen-bond donors (Lipinski definition) is 2. The Morgan fingerprint density at radius 1 is 1.30 bits per heavy atom. The van der Waals surface area contributed by atoms with Gasteiger partial charge in [-0.3, -0.25) is 0 Å². The highest BCUT2D eigenvalue weighted by Crippen LogP contribution is 2.23. The van der Waals surface area contributed by atoms with Gasteiger partial charge >= 0.3 is 0 Å². The Hall–Kier alpha value is -1.84. The number of aromatic nitrogens is 3. The van der Waals surface area contributed by atoms with Crippen molar-refractivity contribution in [2.24, 2.45) is 12.0 Å². The fourth-order valence-corrected chi connectivity index (χ4v) is 2.34. The summed E-state index contributed by atoms with van der Waals surface area (Å²) in [5.41, 5.74) is 2.26. The fraction of sp³-hybridized carbons (Fsp3) is 0.526. The predicted octanol–water partition coefficient (Wildman–Crippen LogP) is 3.17. The molecule has 1 heterocycles. The third-order valence-corrected chi connectivity index (χ3v) is 4.10. The summed E-state index contributed by atoms with van der Waals surface area (Å²) in [4.78, 5) is 4.69. The van der Waals surface area contributed by atoms with E-state index in [-0.39, 0.29) is 30.1 Å². The number of ether oxygens (including phenoxy) is 1. The number of aliphatic imine (C=N–C) groups is 1.